The summed E-state index contributed by atoms with van der Waals surface area (Å²) in [6.45, 7) is 6.79. The summed E-state index contributed by atoms with van der Waals surface area (Å²) >= 11 is 0. The highest BCUT2D eigenvalue weighted by molar-refractivity contribution is 5.99. The molecule has 0 radical (unpaired) electrons. The standard InChI is InChI=1S/C25H35N7O10/c1-12(26-19(33)10-11-20(34)35)21(36)27-13(2)22(37)28-14(3)23(38)29-15(4)24(39)30-16(5)25(40)31-17-6-8-18(9-7-17)32(41)42/h6-9,12-16H,10-11H2,1-5H3,(H,26,33)(H,27,36)(H,28,37)(H,29,38)(H,30,39)(H,31,40)(H,34,35)/t12-,13-,14-,15-,16-/m0/s1. The molecule has 0 aliphatic heterocycles. The molecule has 17 heteroatoms. The van der Waals surface area contributed by atoms with E-state index in [1.165, 1.54) is 58.9 Å². The van der Waals surface area contributed by atoms with Crippen LogP contribution in [-0.2, 0) is 33.6 Å². The zero-order valence-electron chi connectivity index (χ0n) is 23.7. The molecule has 0 aliphatic rings. The monoisotopic (exact) mass is 593 g/mol. The summed E-state index contributed by atoms with van der Waals surface area (Å²) < 4.78 is 0. The highest BCUT2D eigenvalue weighted by atomic mass is 16.6. The van der Waals surface area contributed by atoms with Gasteiger partial charge in [0, 0.05) is 24.2 Å². The van der Waals surface area contributed by atoms with Crippen LogP contribution in [0.1, 0.15) is 47.5 Å². The number of non-ortho nitro benzene ring substituents is 1. The topological polar surface area (TPSA) is 255 Å². The first-order valence-corrected chi connectivity index (χ1v) is 12.8. The highest BCUT2D eigenvalue weighted by Crippen LogP contribution is 2.15. The van der Waals surface area contributed by atoms with E-state index in [1.807, 2.05) is 0 Å². The van der Waals surface area contributed by atoms with Crippen LogP contribution >= 0.6 is 0 Å². The maximum atomic E-state index is 12.5. The van der Waals surface area contributed by atoms with E-state index in [2.05, 4.69) is 31.9 Å². The van der Waals surface area contributed by atoms with Gasteiger partial charge >= 0.3 is 5.97 Å². The molecule has 7 N–H and O–H groups in total. The number of aliphatic carboxylic acids is 1. The fraction of sp³-hybridized carbons (Fsp3) is 0.480. The molecule has 0 saturated carbocycles. The molecule has 0 fully saturated rings. The number of anilines is 1. The van der Waals surface area contributed by atoms with Crippen molar-refractivity contribution in [3.8, 4) is 0 Å². The lowest BCUT2D eigenvalue weighted by atomic mass is 10.2. The number of amides is 6. The van der Waals surface area contributed by atoms with Crippen LogP contribution in [0.5, 0.6) is 0 Å². The molecule has 1 aromatic rings. The van der Waals surface area contributed by atoms with E-state index in [9.17, 15) is 43.7 Å². The number of carbonyl (C=O) groups is 7. The number of carboxylic acids is 1. The Kier molecular flexibility index (Phi) is 13.5. The van der Waals surface area contributed by atoms with Crippen molar-refractivity contribution in [3.63, 3.8) is 0 Å². The Morgan fingerprint density at radius 1 is 0.643 bits per heavy atom. The normalized spacial score (nSPS) is 14.0. The van der Waals surface area contributed by atoms with E-state index in [0.717, 1.165) is 0 Å². The molecular formula is C25H35N7O10. The second kappa shape index (κ2) is 16.2. The van der Waals surface area contributed by atoms with E-state index in [0.29, 0.717) is 0 Å². The Morgan fingerprint density at radius 3 is 1.36 bits per heavy atom. The molecule has 5 atom stereocenters. The smallest absolute Gasteiger partial charge is 0.303 e. The molecule has 6 amide bonds. The Bertz CT molecular complexity index is 1200. The number of nitro groups is 1. The Labute approximate surface area is 240 Å². The number of nitro benzene ring substituents is 1. The minimum Gasteiger partial charge on any atom is -0.481 e. The molecule has 0 spiro atoms. The number of carbonyl (C=O) groups excluding carboxylic acids is 6. The maximum absolute atomic E-state index is 12.5. The number of rotatable bonds is 15. The lowest BCUT2D eigenvalue weighted by molar-refractivity contribution is -0.384. The predicted molar refractivity (Wildman–Crippen MR) is 147 cm³/mol. The number of benzene rings is 1. The maximum Gasteiger partial charge on any atom is 0.303 e. The number of hydrogen-bond acceptors (Lipinski definition) is 9. The SMILES string of the molecule is C[C@H](NC(=O)CCC(=O)O)C(=O)N[C@@H](C)C(=O)N[C@@H](C)C(=O)N[C@@H](C)C(=O)N[C@@H](C)C(=O)Nc1ccc([N+](=O)[O-])cc1. The Balaban J connectivity index is 2.52. The second-order valence-electron chi connectivity index (χ2n) is 9.40. The zero-order valence-corrected chi connectivity index (χ0v) is 23.7. The predicted octanol–water partition coefficient (Wildman–Crippen LogP) is -1.08. The van der Waals surface area contributed by atoms with E-state index in [4.69, 9.17) is 5.11 Å². The van der Waals surface area contributed by atoms with Gasteiger partial charge in [-0.3, -0.25) is 43.7 Å². The third-order valence-corrected chi connectivity index (χ3v) is 5.69. The molecule has 0 aromatic heterocycles. The average Bonchev–Trinajstić information content (AvgIpc) is 2.91. The van der Waals surface area contributed by atoms with E-state index >= 15 is 0 Å². The lowest BCUT2D eigenvalue weighted by Gasteiger charge is -2.22. The van der Waals surface area contributed by atoms with E-state index in [-0.39, 0.29) is 17.8 Å². The first kappa shape index (κ1) is 34.9. The van der Waals surface area contributed by atoms with Crippen molar-refractivity contribution in [3.05, 3.63) is 34.4 Å². The van der Waals surface area contributed by atoms with Crippen molar-refractivity contribution in [2.24, 2.45) is 0 Å². The first-order valence-electron chi connectivity index (χ1n) is 12.8. The molecule has 17 nitrogen and oxygen atoms in total. The molecule has 0 saturated heterocycles. The van der Waals surface area contributed by atoms with E-state index in [1.54, 1.807) is 0 Å². The quantitative estimate of drug-likeness (QED) is 0.0956. The van der Waals surface area contributed by atoms with Crippen LogP contribution < -0.4 is 31.9 Å². The summed E-state index contributed by atoms with van der Waals surface area (Å²) in [6.07, 6.45) is -0.724. The molecule has 0 aliphatic carbocycles. The van der Waals surface area contributed by atoms with Gasteiger partial charge in [0.15, 0.2) is 0 Å². The summed E-state index contributed by atoms with van der Waals surface area (Å²) in [5, 5.41) is 33.7. The summed E-state index contributed by atoms with van der Waals surface area (Å²) in [6, 6.07) is -0.341. The van der Waals surface area contributed by atoms with Crippen molar-refractivity contribution in [1.82, 2.24) is 26.6 Å². The number of nitrogens with zero attached hydrogens (tertiary/aromatic N) is 1. The molecule has 0 heterocycles. The molecule has 1 rings (SSSR count). The fourth-order valence-electron chi connectivity index (χ4n) is 3.13. The van der Waals surface area contributed by atoms with Crippen molar-refractivity contribution < 1.29 is 43.6 Å². The largest absolute Gasteiger partial charge is 0.481 e. The minimum atomic E-state index is -1.17. The second-order valence-corrected chi connectivity index (χ2v) is 9.40. The zero-order chi connectivity index (χ0) is 32.1. The molecule has 0 bridgehead atoms. The average molecular weight is 594 g/mol. The van der Waals surface area contributed by atoms with Gasteiger partial charge in [-0.25, -0.2) is 0 Å². The van der Waals surface area contributed by atoms with Gasteiger partial charge < -0.3 is 37.0 Å². The van der Waals surface area contributed by atoms with Crippen LogP contribution in [0.3, 0.4) is 0 Å². The summed E-state index contributed by atoms with van der Waals surface area (Å²) in [5.41, 5.74) is 0.118. The summed E-state index contributed by atoms with van der Waals surface area (Å²) in [4.78, 5) is 94.4. The third-order valence-electron chi connectivity index (χ3n) is 5.69. The van der Waals surface area contributed by atoms with Crippen LogP contribution in [0, 0.1) is 10.1 Å². The van der Waals surface area contributed by atoms with Gasteiger partial charge in [-0.2, -0.15) is 0 Å². The first-order chi connectivity index (χ1) is 19.5. The minimum absolute atomic E-state index is 0.158. The van der Waals surface area contributed by atoms with Gasteiger partial charge in [-0.05, 0) is 46.8 Å². The Morgan fingerprint density at radius 2 is 1.00 bits per heavy atom. The molecule has 0 unspecified atom stereocenters. The van der Waals surface area contributed by atoms with Crippen LogP contribution in [0.15, 0.2) is 24.3 Å². The van der Waals surface area contributed by atoms with Crippen molar-refractivity contribution >= 4 is 52.8 Å². The van der Waals surface area contributed by atoms with Gasteiger partial charge in [-0.1, -0.05) is 0 Å². The number of carboxylic acid groups (broad SMARTS) is 1. The van der Waals surface area contributed by atoms with Crippen molar-refractivity contribution in [1.29, 1.82) is 0 Å². The Hall–Kier alpha value is -5.09. The van der Waals surface area contributed by atoms with Crippen molar-refractivity contribution in [2.45, 2.75) is 77.7 Å². The van der Waals surface area contributed by atoms with E-state index < -0.39 is 83.0 Å². The fourth-order valence-corrected chi connectivity index (χ4v) is 3.13. The van der Waals surface area contributed by atoms with Gasteiger partial charge in [0.1, 0.15) is 30.2 Å². The van der Waals surface area contributed by atoms with Crippen molar-refractivity contribution in [2.75, 3.05) is 5.32 Å². The molecule has 42 heavy (non-hydrogen) atoms. The molecule has 1 aromatic carbocycles. The van der Waals surface area contributed by atoms with Gasteiger partial charge in [0.2, 0.25) is 35.4 Å². The van der Waals surface area contributed by atoms with Gasteiger partial charge in [-0.15, -0.1) is 0 Å². The van der Waals surface area contributed by atoms with Crippen LogP contribution in [-0.4, -0.2) is 81.7 Å². The van der Waals surface area contributed by atoms with Gasteiger partial charge in [0.25, 0.3) is 5.69 Å². The third kappa shape index (κ3) is 12.0. The summed E-state index contributed by atoms with van der Waals surface area (Å²) in [5.74, 6) is -5.31. The number of hydrogen-bond donors (Lipinski definition) is 7. The number of nitrogens with one attached hydrogen (secondary N) is 6. The van der Waals surface area contributed by atoms with Gasteiger partial charge in [0.05, 0.1) is 11.3 Å². The van der Waals surface area contributed by atoms with Crippen LogP contribution in [0.25, 0.3) is 0 Å². The highest BCUT2D eigenvalue weighted by Gasteiger charge is 2.26. The molecule has 230 valence electrons. The lowest BCUT2D eigenvalue weighted by Crippen LogP contribution is -2.56. The van der Waals surface area contributed by atoms with Crippen LogP contribution in [0.4, 0.5) is 11.4 Å². The summed E-state index contributed by atoms with van der Waals surface area (Å²) in [7, 11) is 0. The van der Waals surface area contributed by atoms with Crippen LogP contribution in [0.2, 0.25) is 0 Å². The molecular weight excluding hydrogens is 558 g/mol.